The van der Waals surface area contributed by atoms with E-state index in [4.69, 9.17) is 20.2 Å². The number of hydrogen-bond donors (Lipinski definition) is 1. The van der Waals surface area contributed by atoms with Crippen LogP contribution in [0, 0.1) is 0 Å². The highest BCUT2D eigenvalue weighted by molar-refractivity contribution is 5.79. The van der Waals surface area contributed by atoms with Crippen LogP contribution in [0.2, 0.25) is 0 Å². The summed E-state index contributed by atoms with van der Waals surface area (Å²) in [6.45, 7) is 0. The smallest absolute Gasteiger partial charge is 0.163 e. The highest BCUT2D eigenvalue weighted by atomic mass is 16.5. The zero-order chi connectivity index (χ0) is 14.8. The molecule has 2 aromatic rings. The molecule has 1 heterocycles. The van der Waals surface area contributed by atoms with Crippen molar-refractivity contribution in [2.24, 2.45) is 5.73 Å². The molecule has 1 aromatic carbocycles. The number of nitrogens with zero attached hydrogens (tertiary/aromatic N) is 2. The van der Waals surface area contributed by atoms with Gasteiger partial charge >= 0.3 is 0 Å². The summed E-state index contributed by atoms with van der Waals surface area (Å²) in [6.07, 6.45) is 6.28. The lowest BCUT2D eigenvalue weighted by molar-refractivity contribution is 0.355. The molecule has 1 aliphatic carbocycles. The molecule has 3 rings (SSSR count). The van der Waals surface area contributed by atoms with E-state index in [9.17, 15) is 0 Å². The fraction of sp³-hybridized carbons (Fsp3) is 0.500. The lowest BCUT2D eigenvalue weighted by atomic mass is 9.84. The standard InChI is InChI=1S/C16H21N3O2/c1-20-15-7-12-13(8-16(15)21-2)19-14(9-18-12)10-4-3-5-11(17)6-10/h7-11H,3-6,17H2,1-2H3. The van der Waals surface area contributed by atoms with Crippen LogP contribution in [0.4, 0.5) is 0 Å². The van der Waals surface area contributed by atoms with Gasteiger partial charge in [-0.25, -0.2) is 4.98 Å². The number of ether oxygens (including phenoxy) is 2. The first kappa shape index (κ1) is 14.1. The minimum absolute atomic E-state index is 0.284. The van der Waals surface area contributed by atoms with Gasteiger partial charge in [0.2, 0.25) is 0 Å². The quantitative estimate of drug-likeness (QED) is 0.939. The van der Waals surface area contributed by atoms with Crippen molar-refractivity contribution < 1.29 is 9.47 Å². The maximum absolute atomic E-state index is 6.07. The molecular weight excluding hydrogens is 266 g/mol. The summed E-state index contributed by atoms with van der Waals surface area (Å²) in [5.41, 5.74) is 8.76. The molecule has 1 aliphatic rings. The summed E-state index contributed by atoms with van der Waals surface area (Å²) >= 11 is 0. The van der Waals surface area contributed by atoms with Crippen LogP contribution in [0.3, 0.4) is 0 Å². The normalized spacial score (nSPS) is 22.2. The van der Waals surface area contributed by atoms with E-state index in [2.05, 4.69) is 4.98 Å². The minimum Gasteiger partial charge on any atom is -0.493 e. The predicted molar refractivity (Wildman–Crippen MR) is 81.8 cm³/mol. The Bertz CT molecular complexity index is 645. The first-order chi connectivity index (χ1) is 10.2. The number of methoxy groups -OCH3 is 2. The molecule has 5 heteroatoms. The second-order valence-electron chi connectivity index (χ2n) is 5.61. The SMILES string of the molecule is COc1cc2ncc(C3CCCC(N)C3)nc2cc1OC. The van der Waals surface area contributed by atoms with Crippen LogP contribution < -0.4 is 15.2 Å². The van der Waals surface area contributed by atoms with Gasteiger partial charge in [0.05, 0.1) is 30.9 Å². The van der Waals surface area contributed by atoms with Gasteiger partial charge in [0, 0.05) is 30.3 Å². The maximum Gasteiger partial charge on any atom is 0.163 e. The first-order valence-corrected chi connectivity index (χ1v) is 7.35. The molecule has 0 spiro atoms. The maximum atomic E-state index is 6.07. The molecule has 0 radical (unpaired) electrons. The van der Waals surface area contributed by atoms with Crippen molar-refractivity contribution in [2.45, 2.75) is 37.6 Å². The summed E-state index contributed by atoms with van der Waals surface area (Å²) in [4.78, 5) is 9.29. The van der Waals surface area contributed by atoms with Crippen LogP contribution in [0.15, 0.2) is 18.3 Å². The van der Waals surface area contributed by atoms with Gasteiger partial charge in [0.15, 0.2) is 11.5 Å². The molecular formula is C16H21N3O2. The zero-order valence-corrected chi connectivity index (χ0v) is 12.5. The fourth-order valence-electron chi connectivity index (χ4n) is 3.05. The Morgan fingerprint density at radius 3 is 2.48 bits per heavy atom. The van der Waals surface area contributed by atoms with E-state index in [1.165, 1.54) is 0 Å². The van der Waals surface area contributed by atoms with Crippen LogP contribution in [0.25, 0.3) is 11.0 Å². The third kappa shape index (κ3) is 2.78. The zero-order valence-electron chi connectivity index (χ0n) is 12.5. The third-order valence-corrected chi connectivity index (χ3v) is 4.20. The first-order valence-electron chi connectivity index (χ1n) is 7.35. The van der Waals surface area contributed by atoms with Crippen LogP contribution in [-0.2, 0) is 0 Å². The molecule has 112 valence electrons. The van der Waals surface area contributed by atoms with Gasteiger partial charge in [-0.2, -0.15) is 0 Å². The molecule has 0 aliphatic heterocycles. The van der Waals surface area contributed by atoms with E-state index in [0.717, 1.165) is 42.4 Å². The molecule has 0 saturated heterocycles. The molecule has 5 nitrogen and oxygen atoms in total. The number of fused-ring (bicyclic) bond motifs is 1. The fourth-order valence-corrected chi connectivity index (χ4v) is 3.05. The molecule has 0 bridgehead atoms. The van der Waals surface area contributed by atoms with E-state index in [-0.39, 0.29) is 6.04 Å². The van der Waals surface area contributed by atoms with E-state index < -0.39 is 0 Å². The lowest BCUT2D eigenvalue weighted by Crippen LogP contribution is -2.27. The van der Waals surface area contributed by atoms with E-state index in [1.807, 2.05) is 18.3 Å². The van der Waals surface area contributed by atoms with Crippen LogP contribution in [0.1, 0.15) is 37.3 Å². The van der Waals surface area contributed by atoms with Gasteiger partial charge in [-0.15, -0.1) is 0 Å². The Kier molecular flexibility index (Phi) is 3.92. The predicted octanol–water partition coefficient (Wildman–Crippen LogP) is 2.63. The molecule has 2 unspecified atom stereocenters. The molecule has 21 heavy (non-hydrogen) atoms. The topological polar surface area (TPSA) is 70.3 Å². The van der Waals surface area contributed by atoms with Gasteiger partial charge in [0.1, 0.15) is 0 Å². The Balaban J connectivity index is 1.99. The summed E-state index contributed by atoms with van der Waals surface area (Å²) in [7, 11) is 3.25. The van der Waals surface area contributed by atoms with E-state index in [1.54, 1.807) is 14.2 Å². The Labute approximate surface area is 124 Å². The van der Waals surface area contributed by atoms with Crippen LogP contribution in [0.5, 0.6) is 11.5 Å². The number of nitrogens with two attached hydrogens (primary N) is 1. The average Bonchev–Trinajstić information content (AvgIpc) is 2.53. The van der Waals surface area contributed by atoms with Crippen molar-refractivity contribution in [1.29, 1.82) is 0 Å². The second-order valence-corrected chi connectivity index (χ2v) is 5.61. The monoisotopic (exact) mass is 287 g/mol. The van der Waals surface area contributed by atoms with Crippen LogP contribution in [-0.4, -0.2) is 30.2 Å². The lowest BCUT2D eigenvalue weighted by Gasteiger charge is -2.26. The molecule has 2 N–H and O–H groups in total. The number of rotatable bonds is 3. The number of aromatic nitrogens is 2. The number of hydrogen-bond acceptors (Lipinski definition) is 5. The van der Waals surface area contributed by atoms with Gasteiger partial charge in [-0.3, -0.25) is 4.98 Å². The summed E-state index contributed by atoms with van der Waals surface area (Å²) in [5.74, 6) is 1.77. The average molecular weight is 287 g/mol. The molecule has 1 aromatic heterocycles. The number of benzene rings is 1. The van der Waals surface area contributed by atoms with Gasteiger partial charge in [-0.1, -0.05) is 6.42 Å². The largest absolute Gasteiger partial charge is 0.493 e. The Morgan fingerprint density at radius 1 is 1.10 bits per heavy atom. The molecule has 0 amide bonds. The van der Waals surface area contributed by atoms with Crippen molar-refractivity contribution in [2.75, 3.05) is 14.2 Å². The summed E-state index contributed by atoms with van der Waals surface area (Å²) in [6, 6.07) is 4.02. The molecule has 1 saturated carbocycles. The van der Waals surface area contributed by atoms with Crippen molar-refractivity contribution in [3.63, 3.8) is 0 Å². The highest BCUT2D eigenvalue weighted by Gasteiger charge is 2.22. The molecule has 1 fully saturated rings. The van der Waals surface area contributed by atoms with Crippen molar-refractivity contribution in [3.05, 3.63) is 24.0 Å². The van der Waals surface area contributed by atoms with Crippen LogP contribution >= 0.6 is 0 Å². The Morgan fingerprint density at radius 2 is 1.81 bits per heavy atom. The van der Waals surface area contributed by atoms with Crippen molar-refractivity contribution >= 4 is 11.0 Å². The van der Waals surface area contributed by atoms with Gasteiger partial charge in [0.25, 0.3) is 0 Å². The highest BCUT2D eigenvalue weighted by Crippen LogP contribution is 2.34. The molecule has 2 atom stereocenters. The van der Waals surface area contributed by atoms with Gasteiger partial charge < -0.3 is 15.2 Å². The van der Waals surface area contributed by atoms with Gasteiger partial charge in [-0.05, 0) is 19.3 Å². The van der Waals surface area contributed by atoms with Crippen molar-refractivity contribution in [3.8, 4) is 11.5 Å². The van der Waals surface area contributed by atoms with E-state index in [0.29, 0.717) is 17.4 Å². The van der Waals surface area contributed by atoms with Crippen molar-refractivity contribution in [1.82, 2.24) is 9.97 Å². The third-order valence-electron chi connectivity index (χ3n) is 4.20. The Hall–Kier alpha value is -1.88. The minimum atomic E-state index is 0.284. The second kappa shape index (κ2) is 5.85. The summed E-state index contributed by atoms with van der Waals surface area (Å²) in [5, 5.41) is 0. The van der Waals surface area contributed by atoms with E-state index >= 15 is 0 Å². The summed E-state index contributed by atoms with van der Waals surface area (Å²) < 4.78 is 10.6.